The Morgan fingerprint density at radius 1 is 1.56 bits per heavy atom. The summed E-state index contributed by atoms with van der Waals surface area (Å²) in [6.07, 6.45) is 1.32. The normalized spacial score (nSPS) is 9.83. The monoisotopic (exact) mass is 246 g/mol. The first-order chi connectivity index (χ1) is 8.70. The van der Waals surface area contributed by atoms with E-state index < -0.39 is 6.03 Å². The number of amides is 2. The Balaban J connectivity index is 2.12. The number of isocyanates is 1. The number of urea groups is 1. The Kier molecular flexibility index (Phi) is 3.31. The number of carbonyl (C=O) groups is 1. The third kappa shape index (κ3) is 2.50. The third-order valence-electron chi connectivity index (χ3n) is 2.18. The Morgan fingerprint density at radius 3 is 3.17 bits per heavy atom. The molecule has 8 nitrogen and oxygen atoms in total. The van der Waals surface area contributed by atoms with E-state index >= 15 is 0 Å². The first kappa shape index (κ1) is 11.7. The molecule has 0 saturated carbocycles. The molecule has 2 aromatic rings. The van der Waals surface area contributed by atoms with E-state index in [1.165, 1.54) is 6.08 Å². The van der Waals surface area contributed by atoms with Crippen molar-refractivity contribution in [2.24, 2.45) is 4.99 Å². The van der Waals surface area contributed by atoms with Gasteiger partial charge >= 0.3 is 6.03 Å². The minimum Gasteiger partial charge on any atom is -0.318 e. The summed E-state index contributed by atoms with van der Waals surface area (Å²) in [5, 5.41) is 12.2. The van der Waals surface area contributed by atoms with Crippen molar-refractivity contribution in [2.45, 2.75) is 6.92 Å². The van der Waals surface area contributed by atoms with Crippen LogP contribution < -0.4 is 10.6 Å². The lowest BCUT2D eigenvalue weighted by Crippen LogP contribution is -2.28. The van der Waals surface area contributed by atoms with Gasteiger partial charge in [0, 0.05) is 5.69 Å². The molecule has 2 heterocycles. The second kappa shape index (κ2) is 5.07. The van der Waals surface area contributed by atoms with Crippen LogP contribution in [0.1, 0.15) is 5.69 Å². The molecule has 0 aromatic carbocycles. The zero-order valence-electron chi connectivity index (χ0n) is 9.52. The number of nitrogens with zero attached hydrogens (tertiary/aromatic N) is 3. The predicted molar refractivity (Wildman–Crippen MR) is 63.8 cm³/mol. The molecular weight excluding hydrogens is 236 g/mol. The van der Waals surface area contributed by atoms with E-state index in [0.717, 1.165) is 5.69 Å². The molecule has 0 aliphatic carbocycles. The molecular formula is C10H10N6O2. The molecule has 2 amide bonds. The van der Waals surface area contributed by atoms with Gasteiger partial charge in [-0.3, -0.25) is 10.4 Å². The fourth-order valence-corrected chi connectivity index (χ4v) is 1.39. The first-order valence-corrected chi connectivity index (χ1v) is 5.11. The highest BCUT2D eigenvalue weighted by atomic mass is 16.2. The van der Waals surface area contributed by atoms with Gasteiger partial charge in [0.1, 0.15) is 6.67 Å². The van der Waals surface area contributed by atoms with Gasteiger partial charge in [0.25, 0.3) is 0 Å². The van der Waals surface area contributed by atoms with Crippen LogP contribution >= 0.6 is 0 Å². The third-order valence-corrected chi connectivity index (χ3v) is 2.18. The van der Waals surface area contributed by atoms with Crippen molar-refractivity contribution in [3.63, 3.8) is 0 Å². The fraction of sp³-hybridized carbons (Fsp3) is 0.200. The van der Waals surface area contributed by atoms with E-state index in [-0.39, 0.29) is 6.67 Å². The molecule has 0 aliphatic heterocycles. The number of hydrogen-bond acceptors (Lipinski definition) is 5. The molecule has 8 heteroatoms. The van der Waals surface area contributed by atoms with Crippen LogP contribution in [0, 0.1) is 6.92 Å². The van der Waals surface area contributed by atoms with Crippen LogP contribution in [0.2, 0.25) is 0 Å². The maximum absolute atomic E-state index is 11.4. The number of anilines is 1. The van der Waals surface area contributed by atoms with Gasteiger partial charge in [0.15, 0.2) is 11.5 Å². The predicted octanol–water partition coefficient (Wildman–Crippen LogP) is 0.681. The van der Waals surface area contributed by atoms with Crippen molar-refractivity contribution >= 4 is 29.0 Å². The van der Waals surface area contributed by atoms with Crippen LogP contribution in [0.15, 0.2) is 17.1 Å². The van der Waals surface area contributed by atoms with Gasteiger partial charge in [-0.2, -0.15) is 10.1 Å². The van der Waals surface area contributed by atoms with Crippen molar-refractivity contribution in [1.29, 1.82) is 0 Å². The van der Waals surface area contributed by atoms with Crippen molar-refractivity contribution in [2.75, 3.05) is 12.0 Å². The second-order valence-electron chi connectivity index (χ2n) is 3.46. The quantitative estimate of drug-likeness (QED) is 0.546. The Hall–Kier alpha value is -2.73. The minimum absolute atomic E-state index is 0.130. The number of hydrogen-bond donors (Lipinski definition) is 3. The van der Waals surface area contributed by atoms with Gasteiger partial charge in [-0.05, 0) is 19.1 Å². The smallest absolute Gasteiger partial charge is 0.318 e. The van der Waals surface area contributed by atoms with Gasteiger partial charge in [-0.1, -0.05) is 0 Å². The Bertz CT molecular complexity index is 628. The lowest BCUT2D eigenvalue weighted by atomic mass is 10.3. The van der Waals surface area contributed by atoms with Crippen molar-refractivity contribution in [3.8, 4) is 0 Å². The number of fused-ring (bicyclic) bond motifs is 1. The van der Waals surface area contributed by atoms with Crippen LogP contribution in [0.3, 0.4) is 0 Å². The van der Waals surface area contributed by atoms with Gasteiger partial charge in [-0.25, -0.2) is 14.6 Å². The summed E-state index contributed by atoms with van der Waals surface area (Å²) in [6, 6.07) is 3.11. The van der Waals surface area contributed by atoms with E-state index in [1.807, 2.05) is 13.0 Å². The number of aromatic amines is 1. The molecule has 92 valence electrons. The minimum atomic E-state index is -0.511. The van der Waals surface area contributed by atoms with Crippen molar-refractivity contribution < 1.29 is 9.59 Å². The fourth-order valence-electron chi connectivity index (χ4n) is 1.39. The van der Waals surface area contributed by atoms with Crippen molar-refractivity contribution in [1.82, 2.24) is 20.5 Å². The largest absolute Gasteiger partial charge is 0.321 e. The van der Waals surface area contributed by atoms with Crippen LogP contribution in [0.5, 0.6) is 0 Å². The average molecular weight is 246 g/mol. The van der Waals surface area contributed by atoms with Crippen LogP contribution in [0.4, 0.5) is 10.6 Å². The Labute approximate surface area is 102 Å². The molecule has 18 heavy (non-hydrogen) atoms. The summed E-state index contributed by atoms with van der Waals surface area (Å²) < 4.78 is 0. The van der Waals surface area contributed by atoms with Crippen LogP contribution in [-0.4, -0.2) is 34.0 Å². The van der Waals surface area contributed by atoms with Gasteiger partial charge in [0.2, 0.25) is 6.08 Å². The number of aliphatic imine (C=N–C) groups is 1. The maximum atomic E-state index is 11.4. The zero-order valence-corrected chi connectivity index (χ0v) is 9.52. The lowest BCUT2D eigenvalue weighted by molar-refractivity contribution is 0.252. The standard InChI is InChI=1S/C10H10N6O2/c1-6-2-3-7-8(13-6)15-16-9(7)14-10(18)12-4-11-5-17/h2-3H,4H2,1H3,(H3,12,13,14,15,16,18). The molecule has 0 radical (unpaired) electrons. The number of aryl methyl sites for hydroxylation is 1. The number of nitrogens with one attached hydrogen (secondary N) is 3. The van der Waals surface area contributed by atoms with Gasteiger partial charge in [0.05, 0.1) is 5.39 Å². The molecule has 2 rings (SSSR count). The highest BCUT2D eigenvalue weighted by Crippen LogP contribution is 2.18. The highest BCUT2D eigenvalue weighted by molar-refractivity contribution is 5.97. The molecule has 0 aliphatic rings. The van der Waals surface area contributed by atoms with Crippen molar-refractivity contribution in [3.05, 3.63) is 17.8 Å². The molecule has 0 spiro atoms. The maximum Gasteiger partial charge on any atom is 0.321 e. The summed E-state index contributed by atoms with van der Waals surface area (Å²) in [7, 11) is 0. The van der Waals surface area contributed by atoms with E-state index in [1.54, 1.807) is 6.07 Å². The summed E-state index contributed by atoms with van der Waals surface area (Å²) in [4.78, 5) is 28.6. The molecule has 0 atom stereocenters. The summed E-state index contributed by atoms with van der Waals surface area (Å²) in [5.41, 5.74) is 1.44. The molecule has 0 saturated heterocycles. The lowest BCUT2D eigenvalue weighted by Gasteiger charge is -2.02. The molecule has 3 N–H and O–H groups in total. The summed E-state index contributed by atoms with van der Waals surface area (Å²) in [5.74, 6) is 0.366. The first-order valence-electron chi connectivity index (χ1n) is 5.11. The number of aromatic nitrogens is 3. The van der Waals surface area contributed by atoms with E-state index in [0.29, 0.717) is 16.9 Å². The summed E-state index contributed by atoms with van der Waals surface area (Å²) in [6.45, 7) is 1.73. The number of H-pyrrole nitrogens is 1. The summed E-state index contributed by atoms with van der Waals surface area (Å²) >= 11 is 0. The second-order valence-corrected chi connectivity index (χ2v) is 3.46. The van der Waals surface area contributed by atoms with E-state index in [2.05, 4.69) is 30.8 Å². The topological polar surface area (TPSA) is 112 Å². The average Bonchev–Trinajstić information content (AvgIpc) is 2.72. The van der Waals surface area contributed by atoms with E-state index in [4.69, 9.17) is 0 Å². The molecule has 0 unspecified atom stereocenters. The zero-order chi connectivity index (χ0) is 13.0. The molecule has 0 bridgehead atoms. The number of carbonyl (C=O) groups excluding carboxylic acids is 2. The Morgan fingerprint density at radius 2 is 2.39 bits per heavy atom. The number of rotatable bonds is 3. The van der Waals surface area contributed by atoms with Gasteiger partial charge < -0.3 is 5.32 Å². The molecule has 0 fully saturated rings. The highest BCUT2D eigenvalue weighted by Gasteiger charge is 2.09. The molecule has 2 aromatic heterocycles. The van der Waals surface area contributed by atoms with Gasteiger partial charge in [-0.15, -0.1) is 0 Å². The van der Waals surface area contributed by atoms with E-state index in [9.17, 15) is 9.59 Å². The SMILES string of the molecule is Cc1ccc2c(NC(=O)NCN=C=O)n[nH]c2n1. The van der Waals surface area contributed by atoms with Crippen LogP contribution in [0.25, 0.3) is 11.0 Å². The van der Waals surface area contributed by atoms with Crippen LogP contribution in [-0.2, 0) is 4.79 Å². The number of pyridine rings is 1.